The van der Waals surface area contributed by atoms with Crippen LogP contribution < -0.4 is 5.73 Å². The second-order valence-corrected chi connectivity index (χ2v) is 3.75. The molecule has 0 unspecified atom stereocenters. The van der Waals surface area contributed by atoms with Gasteiger partial charge in [-0.3, -0.25) is 0 Å². The highest BCUT2D eigenvalue weighted by atomic mass is 35.5. The van der Waals surface area contributed by atoms with E-state index in [4.69, 9.17) is 10.5 Å². The van der Waals surface area contributed by atoms with Crippen molar-refractivity contribution < 1.29 is 17.9 Å². The highest BCUT2D eigenvalue weighted by Crippen LogP contribution is 2.34. The summed E-state index contributed by atoms with van der Waals surface area (Å²) in [6, 6.07) is 1.94. The van der Waals surface area contributed by atoms with Gasteiger partial charge in [-0.05, 0) is 18.6 Å². The average Bonchev–Trinajstić information content (AvgIpc) is 2.22. The highest BCUT2D eigenvalue weighted by molar-refractivity contribution is 5.85. The van der Waals surface area contributed by atoms with Gasteiger partial charge in [-0.2, -0.15) is 13.2 Å². The summed E-state index contributed by atoms with van der Waals surface area (Å²) in [5.74, 6) is 0. The highest BCUT2D eigenvalue weighted by Gasteiger charge is 2.35. The number of alkyl halides is 3. The fourth-order valence-electron chi connectivity index (χ4n) is 1.70. The van der Waals surface area contributed by atoms with Gasteiger partial charge in [0.25, 0.3) is 0 Å². The predicted molar refractivity (Wildman–Crippen MR) is 57.8 cm³/mol. The minimum atomic E-state index is -4.43. The van der Waals surface area contributed by atoms with E-state index in [0.717, 1.165) is 6.07 Å². The van der Waals surface area contributed by atoms with Crippen molar-refractivity contribution in [2.45, 2.75) is 25.2 Å². The van der Waals surface area contributed by atoms with Gasteiger partial charge >= 0.3 is 6.18 Å². The molecule has 0 aromatic carbocycles. The van der Waals surface area contributed by atoms with Crippen molar-refractivity contribution in [3.05, 3.63) is 29.1 Å². The maximum Gasteiger partial charge on any atom is 0.433 e. The van der Waals surface area contributed by atoms with E-state index >= 15 is 0 Å². The molecule has 0 saturated heterocycles. The lowest BCUT2D eigenvalue weighted by Gasteiger charge is -2.27. The molecule has 0 saturated carbocycles. The molecular weight excluding hydrogens is 257 g/mol. The minimum absolute atomic E-state index is 0. The van der Waals surface area contributed by atoms with Crippen molar-refractivity contribution in [1.29, 1.82) is 0 Å². The van der Waals surface area contributed by atoms with Gasteiger partial charge in [0.2, 0.25) is 0 Å². The van der Waals surface area contributed by atoms with E-state index in [-0.39, 0.29) is 18.1 Å². The summed E-state index contributed by atoms with van der Waals surface area (Å²) in [7, 11) is 0. The van der Waals surface area contributed by atoms with Crippen molar-refractivity contribution in [2.75, 3.05) is 6.61 Å². The SMILES string of the molecule is C[C@H]1OC[C@@H](N)c2ccc(C(F)(F)F)nc21.Cl. The maximum atomic E-state index is 12.4. The van der Waals surface area contributed by atoms with Crippen molar-refractivity contribution in [3.63, 3.8) is 0 Å². The number of hydrogen-bond donors (Lipinski definition) is 1. The summed E-state index contributed by atoms with van der Waals surface area (Å²) >= 11 is 0. The zero-order chi connectivity index (χ0) is 11.9. The largest absolute Gasteiger partial charge is 0.433 e. The molecule has 2 rings (SSSR count). The summed E-state index contributed by atoms with van der Waals surface area (Å²) in [6.07, 6.45) is -4.88. The Morgan fingerprint density at radius 2 is 2.06 bits per heavy atom. The Kier molecular flexibility index (Phi) is 4.01. The van der Waals surface area contributed by atoms with Crippen LogP contribution in [0, 0.1) is 0 Å². The Morgan fingerprint density at radius 3 is 2.65 bits per heavy atom. The molecule has 1 aromatic heterocycles. The van der Waals surface area contributed by atoms with Gasteiger partial charge in [0.05, 0.1) is 24.4 Å². The summed E-state index contributed by atoms with van der Waals surface area (Å²) in [5.41, 5.74) is 5.73. The van der Waals surface area contributed by atoms with Crippen LogP contribution in [-0.4, -0.2) is 11.6 Å². The Morgan fingerprint density at radius 1 is 1.41 bits per heavy atom. The topological polar surface area (TPSA) is 48.1 Å². The smallest absolute Gasteiger partial charge is 0.370 e. The summed E-state index contributed by atoms with van der Waals surface area (Å²) in [4.78, 5) is 3.59. The summed E-state index contributed by atoms with van der Waals surface area (Å²) in [5, 5.41) is 0. The number of hydrogen-bond acceptors (Lipinski definition) is 3. The standard InChI is InChI=1S/C10H11F3N2O.ClH/c1-5-9-6(7(14)4-16-5)2-3-8(15-9)10(11,12)13;/h2-3,5,7H,4,14H2,1H3;1H/t5-,7-;/m1./s1. The first-order valence-electron chi connectivity index (χ1n) is 4.85. The van der Waals surface area contributed by atoms with Crippen LogP contribution in [0.3, 0.4) is 0 Å². The van der Waals surface area contributed by atoms with Gasteiger partial charge in [0, 0.05) is 0 Å². The second-order valence-electron chi connectivity index (χ2n) is 3.75. The van der Waals surface area contributed by atoms with E-state index in [9.17, 15) is 13.2 Å². The number of rotatable bonds is 0. The number of fused-ring (bicyclic) bond motifs is 1. The lowest BCUT2D eigenvalue weighted by atomic mass is 10.00. The van der Waals surface area contributed by atoms with Crippen molar-refractivity contribution in [3.8, 4) is 0 Å². The number of aromatic nitrogens is 1. The first kappa shape index (κ1) is 14.2. The summed E-state index contributed by atoms with van der Waals surface area (Å²) in [6.45, 7) is 1.97. The molecule has 1 aliphatic rings. The van der Waals surface area contributed by atoms with Crippen LogP contribution in [-0.2, 0) is 10.9 Å². The van der Waals surface area contributed by atoms with E-state index in [2.05, 4.69) is 4.98 Å². The molecule has 0 spiro atoms. The quantitative estimate of drug-likeness (QED) is 0.787. The molecule has 2 N–H and O–H groups in total. The molecule has 7 heteroatoms. The molecule has 2 atom stereocenters. The number of nitrogens with zero attached hydrogens (tertiary/aromatic N) is 1. The lowest BCUT2D eigenvalue weighted by Crippen LogP contribution is -2.27. The molecule has 2 heterocycles. The molecule has 0 bridgehead atoms. The Balaban J connectivity index is 0.00000144. The van der Waals surface area contributed by atoms with E-state index < -0.39 is 24.0 Å². The average molecular weight is 269 g/mol. The van der Waals surface area contributed by atoms with E-state index in [1.165, 1.54) is 6.07 Å². The van der Waals surface area contributed by atoms with Crippen LogP contribution in [0.4, 0.5) is 13.2 Å². The second kappa shape index (κ2) is 4.80. The first-order valence-corrected chi connectivity index (χ1v) is 4.85. The zero-order valence-corrected chi connectivity index (χ0v) is 9.81. The third kappa shape index (κ3) is 2.70. The first-order chi connectivity index (χ1) is 7.39. The Labute approximate surface area is 103 Å². The molecule has 0 radical (unpaired) electrons. The fraction of sp³-hybridized carbons (Fsp3) is 0.500. The van der Waals surface area contributed by atoms with Gasteiger partial charge in [-0.1, -0.05) is 6.07 Å². The van der Waals surface area contributed by atoms with E-state index in [0.29, 0.717) is 12.2 Å². The van der Waals surface area contributed by atoms with Crippen LogP contribution in [0.5, 0.6) is 0 Å². The summed E-state index contributed by atoms with van der Waals surface area (Å²) < 4.78 is 42.6. The molecule has 0 fully saturated rings. The van der Waals surface area contributed by atoms with Crippen molar-refractivity contribution in [2.24, 2.45) is 5.73 Å². The lowest BCUT2D eigenvalue weighted by molar-refractivity contribution is -0.141. The number of ether oxygens (including phenoxy) is 1. The number of nitrogens with two attached hydrogens (primary N) is 1. The van der Waals surface area contributed by atoms with Crippen LogP contribution >= 0.6 is 12.4 Å². The van der Waals surface area contributed by atoms with E-state index in [1.807, 2.05) is 0 Å². The third-order valence-corrected chi connectivity index (χ3v) is 2.56. The predicted octanol–water partition coefficient (Wildman–Crippen LogP) is 2.61. The molecule has 1 aliphatic heterocycles. The van der Waals surface area contributed by atoms with Gasteiger partial charge < -0.3 is 10.5 Å². The van der Waals surface area contributed by atoms with Gasteiger partial charge in [-0.15, -0.1) is 12.4 Å². The van der Waals surface area contributed by atoms with Gasteiger partial charge in [0.1, 0.15) is 5.69 Å². The number of pyridine rings is 1. The van der Waals surface area contributed by atoms with Gasteiger partial charge in [-0.25, -0.2) is 4.98 Å². The van der Waals surface area contributed by atoms with Crippen LogP contribution in [0.2, 0.25) is 0 Å². The van der Waals surface area contributed by atoms with Crippen LogP contribution in [0.15, 0.2) is 12.1 Å². The third-order valence-electron chi connectivity index (χ3n) is 2.56. The molecule has 3 nitrogen and oxygen atoms in total. The zero-order valence-electron chi connectivity index (χ0n) is 8.99. The Hall–Kier alpha value is -0.850. The van der Waals surface area contributed by atoms with Crippen molar-refractivity contribution in [1.82, 2.24) is 4.98 Å². The van der Waals surface area contributed by atoms with Crippen LogP contribution in [0.1, 0.15) is 36.0 Å². The maximum absolute atomic E-state index is 12.4. The number of halogens is 4. The molecule has 0 aliphatic carbocycles. The fourth-order valence-corrected chi connectivity index (χ4v) is 1.70. The minimum Gasteiger partial charge on any atom is -0.370 e. The Bertz CT molecular complexity index is 411. The molecule has 0 amide bonds. The van der Waals surface area contributed by atoms with Gasteiger partial charge in [0.15, 0.2) is 0 Å². The molecule has 17 heavy (non-hydrogen) atoms. The normalized spacial score (nSPS) is 23.8. The van der Waals surface area contributed by atoms with Crippen molar-refractivity contribution >= 4 is 12.4 Å². The molecule has 1 aromatic rings. The monoisotopic (exact) mass is 268 g/mol. The van der Waals surface area contributed by atoms with E-state index in [1.54, 1.807) is 6.92 Å². The van der Waals surface area contributed by atoms with Crippen LogP contribution in [0.25, 0.3) is 0 Å². The molecule has 96 valence electrons. The molecular formula is C10H12ClF3N2O.